The smallest absolute Gasteiger partial charge is 0.101 e. The molecule has 2 heterocycles. The monoisotopic (exact) mass is 312 g/mol. The average molecular weight is 312 g/mol. The van der Waals surface area contributed by atoms with Crippen LogP contribution in [0.4, 0.5) is 5.69 Å². The second kappa shape index (κ2) is 7.81. The molecule has 1 atom stereocenters. The maximum atomic E-state index is 9.26. The van der Waals surface area contributed by atoms with Crippen molar-refractivity contribution in [2.24, 2.45) is 0 Å². The Morgan fingerprint density at radius 3 is 2.61 bits per heavy atom. The van der Waals surface area contributed by atoms with Crippen molar-refractivity contribution < 1.29 is 0 Å². The van der Waals surface area contributed by atoms with Crippen LogP contribution in [0.15, 0.2) is 24.3 Å². The standard InChI is InChI=1S/C19H28N4/c1-21-10-5-4-7-18(21)9-11-22-12-14-23(15-13-22)19-8-3-2-6-17(19)16-20/h2-3,6,8,18H,4-5,7,9-15H2,1H3/t18-/m0/s1. The zero-order chi connectivity index (χ0) is 16.1. The van der Waals surface area contributed by atoms with Crippen LogP contribution in [0.1, 0.15) is 31.2 Å². The van der Waals surface area contributed by atoms with Gasteiger partial charge in [0.15, 0.2) is 0 Å². The van der Waals surface area contributed by atoms with Crippen LogP contribution in [0.3, 0.4) is 0 Å². The largest absolute Gasteiger partial charge is 0.368 e. The van der Waals surface area contributed by atoms with E-state index in [0.29, 0.717) is 0 Å². The molecule has 0 spiro atoms. The van der Waals surface area contributed by atoms with Crippen molar-refractivity contribution in [3.8, 4) is 6.07 Å². The molecule has 124 valence electrons. The number of likely N-dealkylation sites (tertiary alicyclic amines) is 1. The quantitative estimate of drug-likeness (QED) is 0.855. The summed E-state index contributed by atoms with van der Waals surface area (Å²) in [5.41, 5.74) is 1.89. The predicted molar refractivity (Wildman–Crippen MR) is 94.7 cm³/mol. The second-order valence-corrected chi connectivity index (χ2v) is 6.88. The fourth-order valence-corrected chi connectivity index (χ4v) is 3.90. The van der Waals surface area contributed by atoms with Crippen molar-refractivity contribution in [2.45, 2.75) is 31.7 Å². The van der Waals surface area contributed by atoms with E-state index in [1.54, 1.807) is 0 Å². The van der Waals surface area contributed by atoms with Gasteiger partial charge in [0.2, 0.25) is 0 Å². The maximum absolute atomic E-state index is 9.26. The number of rotatable bonds is 4. The Labute approximate surface area is 140 Å². The number of nitriles is 1. The molecule has 0 saturated carbocycles. The minimum atomic E-state index is 0.779. The summed E-state index contributed by atoms with van der Waals surface area (Å²) in [6, 6.07) is 11.1. The molecule has 0 bridgehead atoms. The molecule has 2 aliphatic rings. The van der Waals surface area contributed by atoms with Crippen LogP contribution in [-0.2, 0) is 0 Å². The molecule has 2 aliphatic heterocycles. The molecule has 0 radical (unpaired) electrons. The van der Waals surface area contributed by atoms with Crippen LogP contribution in [0.5, 0.6) is 0 Å². The molecule has 4 heteroatoms. The van der Waals surface area contributed by atoms with E-state index in [4.69, 9.17) is 0 Å². The number of hydrogen-bond acceptors (Lipinski definition) is 4. The van der Waals surface area contributed by atoms with Crippen LogP contribution < -0.4 is 4.90 Å². The molecule has 0 N–H and O–H groups in total. The third kappa shape index (κ3) is 4.04. The number of nitrogens with zero attached hydrogens (tertiary/aromatic N) is 4. The van der Waals surface area contributed by atoms with Gasteiger partial charge in [-0.25, -0.2) is 0 Å². The molecule has 23 heavy (non-hydrogen) atoms. The highest BCUT2D eigenvalue weighted by molar-refractivity contribution is 5.59. The zero-order valence-corrected chi connectivity index (χ0v) is 14.2. The van der Waals surface area contributed by atoms with Crippen molar-refractivity contribution in [1.82, 2.24) is 9.80 Å². The number of benzene rings is 1. The summed E-state index contributed by atoms with van der Waals surface area (Å²) in [5.74, 6) is 0. The molecular weight excluding hydrogens is 284 g/mol. The molecule has 0 amide bonds. The third-order valence-corrected chi connectivity index (χ3v) is 5.44. The molecule has 2 saturated heterocycles. The Kier molecular flexibility index (Phi) is 5.53. The van der Waals surface area contributed by atoms with Gasteiger partial charge in [-0.1, -0.05) is 18.6 Å². The molecule has 1 aromatic rings. The first kappa shape index (κ1) is 16.3. The lowest BCUT2D eigenvalue weighted by molar-refractivity contribution is 0.151. The van der Waals surface area contributed by atoms with Crippen molar-refractivity contribution in [1.29, 1.82) is 5.26 Å². The first-order valence-corrected chi connectivity index (χ1v) is 8.94. The van der Waals surface area contributed by atoms with E-state index in [0.717, 1.165) is 43.5 Å². The van der Waals surface area contributed by atoms with Gasteiger partial charge in [-0.15, -0.1) is 0 Å². The fourth-order valence-electron chi connectivity index (χ4n) is 3.90. The predicted octanol–water partition coefficient (Wildman–Crippen LogP) is 2.55. The Morgan fingerprint density at radius 2 is 1.87 bits per heavy atom. The van der Waals surface area contributed by atoms with Crippen molar-refractivity contribution in [3.63, 3.8) is 0 Å². The lowest BCUT2D eigenvalue weighted by Gasteiger charge is -2.38. The number of hydrogen-bond donors (Lipinski definition) is 0. The minimum Gasteiger partial charge on any atom is -0.368 e. The summed E-state index contributed by atoms with van der Waals surface area (Å²) in [4.78, 5) is 7.50. The van der Waals surface area contributed by atoms with Crippen molar-refractivity contribution in [3.05, 3.63) is 29.8 Å². The molecule has 0 unspecified atom stereocenters. The Balaban J connectivity index is 1.48. The summed E-state index contributed by atoms with van der Waals surface area (Å²) >= 11 is 0. The van der Waals surface area contributed by atoms with Gasteiger partial charge >= 0.3 is 0 Å². The summed E-state index contributed by atoms with van der Waals surface area (Å²) in [6.07, 6.45) is 5.43. The highest BCUT2D eigenvalue weighted by atomic mass is 15.3. The maximum Gasteiger partial charge on any atom is 0.101 e. The van der Waals surface area contributed by atoms with Gasteiger partial charge in [-0.3, -0.25) is 4.90 Å². The topological polar surface area (TPSA) is 33.5 Å². The van der Waals surface area contributed by atoms with Crippen LogP contribution in [0, 0.1) is 11.3 Å². The van der Waals surface area contributed by atoms with E-state index >= 15 is 0 Å². The van der Waals surface area contributed by atoms with E-state index < -0.39 is 0 Å². The minimum absolute atomic E-state index is 0.779. The fraction of sp³-hybridized carbons (Fsp3) is 0.632. The van der Waals surface area contributed by atoms with Crippen LogP contribution >= 0.6 is 0 Å². The molecule has 0 aromatic heterocycles. The van der Waals surface area contributed by atoms with Gasteiger partial charge in [0, 0.05) is 32.2 Å². The molecule has 3 rings (SSSR count). The lowest BCUT2D eigenvalue weighted by atomic mass is 10.00. The highest BCUT2D eigenvalue weighted by Crippen LogP contribution is 2.22. The zero-order valence-electron chi connectivity index (χ0n) is 14.2. The normalized spacial score (nSPS) is 23.7. The molecule has 1 aromatic carbocycles. The van der Waals surface area contributed by atoms with Gasteiger partial charge in [0.1, 0.15) is 6.07 Å². The molecule has 0 aliphatic carbocycles. The van der Waals surface area contributed by atoms with E-state index in [-0.39, 0.29) is 0 Å². The van der Waals surface area contributed by atoms with Gasteiger partial charge in [0.25, 0.3) is 0 Å². The van der Waals surface area contributed by atoms with Gasteiger partial charge in [-0.05, 0) is 51.5 Å². The van der Waals surface area contributed by atoms with Crippen LogP contribution in [0.2, 0.25) is 0 Å². The number of para-hydroxylation sites is 1. The summed E-state index contributed by atoms with van der Waals surface area (Å²) < 4.78 is 0. The number of piperazine rings is 1. The summed E-state index contributed by atoms with van der Waals surface area (Å²) in [7, 11) is 2.28. The van der Waals surface area contributed by atoms with E-state index in [1.807, 2.05) is 18.2 Å². The second-order valence-electron chi connectivity index (χ2n) is 6.88. The van der Waals surface area contributed by atoms with Crippen LogP contribution in [0.25, 0.3) is 0 Å². The first-order chi connectivity index (χ1) is 11.3. The Morgan fingerprint density at radius 1 is 1.09 bits per heavy atom. The van der Waals surface area contributed by atoms with Gasteiger partial charge < -0.3 is 9.80 Å². The average Bonchev–Trinajstić information content (AvgIpc) is 2.61. The summed E-state index contributed by atoms with van der Waals surface area (Å²) in [5, 5.41) is 9.26. The third-order valence-electron chi connectivity index (χ3n) is 5.44. The Bertz CT molecular complexity index is 543. The van der Waals surface area contributed by atoms with E-state index in [1.165, 1.54) is 38.8 Å². The SMILES string of the molecule is CN1CCCC[C@H]1CCN1CCN(c2ccccc2C#N)CC1. The lowest BCUT2D eigenvalue weighted by Crippen LogP contribution is -2.48. The van der Waals surface area contributed by atoms with Crippen molar-refractivity contribution in [2.75, 3.05) is 51.2 Å². The van der Waals surface area contributed by atoms with Gasteiger partial charge in [-0.2, -0.15) is 5.26 Å². The van der Waals surface area contributed by atoms with Crippen LogP contribution in [-0.4, -0.2) is 62.2 Å². The molecule has 2 fully saturated rings. The molecule has 4 nitrogen and oxygen atoms in total. The van der Waals surface area contributed by atoms with Gasteiger partial charge in [0.05, 0.1) is 11.3 Å². The molecular formula is C19H28N4. The summed E-state index contributed by atoms with van der Waals surface area (Å²) in [6.45, 7) is 6.75. The highest BCUT2D eigenvalue weighted by Gasteiger charge is 2.22. The first-order valence-electron chi connectivity index (χ1n) is 8.94. The van der Waals surface area contributed by atoms with E-state index in [9.17, 15) is 5.26 Å². The number of piperidine rings is 1. The number of anilines is 1. The van der Waals surface area contributed by atoms with E-state index in [2.05, 4.69) is 33.9 Å². The van der Waals surface area contributed by atoms with Crippen molar-refractivity contribution >= 4 is 5.69 Å². The Hall–Kier alpha value is -1.57.